The van der Waals surface area contributed by atoms with Crippen LogP contribution in [0, 0.1) is 6.92 Å². The van der Waals surface area contributed by atoms with Crippen molar-refractivity contribution in [1.29, 1.82) is 0 Å². The van der Waals surface area contributed by atoms with Gasteiger partial charge >= 0.3 is 6.09 Å². The van der Waals surface area contributed by atoms with Gasteiger partial charge in [-0.05, 0) is 33.8 Å². The average Bonchev–Trinajstić information content (AvgIpc) is 2.98. The topological polar surface area (TPSA) is 90.5 Å². The minimum Gasteiger partial charge on any atom is -0.444 e. The van der Waals surface area contributed by atoms with Crippen LogP contribution in [0.2, 0.25) is 0 Å². The molecule has 1 aliphatic rings. The predicted octanol–water partition coefficient (Wildman–Crippen LogP) is 3.10. The smallest absolute Gasteiger partial charge is 0.412 e. The Morgan fingerprint density at radius 3 is 2.58 bits per heavy atom. The van der Waals surface area contributed by atoms with E-state index in [-0.39, 0.29) is 5.78 Å². The van der Waals surface area contributed by atoms with E-state index in [9.17, 15) is 9.59 Å². The van der Waals surface area contributed by atoms with Crippen molar-refractivity contribution in [1.82, 2.24) is 14.3 Å². The number of rotatable bonds is 2. The van der Waals surface area contributed by atoms with Crippen LogP contribution in [0.15, 0.2) is 17.3 Å². The number of carbonyl (C=O) groups excluding carboxylic acids is 2. The van der Waals surface area contributed by atoms with Crippen LogP contribution in [-0.2, 0) is 18.8 Å². The predicted molar refractivity (Wildman–Crippen MR) is 98.4 cm³/mol. The minimum absolute atomic E-state index is 0.153. The van der Waals surface area contributed by atoms with Crippen molar-refractivity contribution in [3.63, 3.8) is 0 Å². The lowest BCUT2D eigenvalue weighted by atomic mass is 9.93. The molecule has 0 aromatic carbocycles. The van der Waals surface area contributed by atoms with E-state index in [1.807, 2.05) is 20.0 Å². The summed E-state index contributed by atoms with van der Waals surface area (Å²) in [6, 6.07) is 1.86. The van der Waals surface area contributed by atoms with Crippen LogP contribution in [0.25, 0.3) is 0 Å². The van der Waals surface area contributed by atoms with Gasteiger partial charge in [0.25, 0.3) is 0 Å². The second kappa shape index (κ2) is 6.12. The molecule has 1 unspecified atom stereocenters. The number of hydrogen-bond acceptors (Lipinski definition) is 5. The zero-order valence-electron chi connectivity index (χ0n) is 15.8. The van der Waals surface area contributed by atoms with Crippen LogP contribution < -0.4 is 5.32 Å². The number of nitrogens with zero attached hydrogens (tertiary/aromatic N) is 4. The van der Waals surface area contributed by atoms with Gasteiger partial charge in [0.1, 0.15) is 17.3 Å². The molecule has 8 heteroatoms. The van der Waals surface area contributed by atoms with Crippen molar-refractivity contribution in [3.05, 3.63) is 29.2 Å². The standard InChI is InChI=1S/C18H23N5O3/c1-10-7-12(21-23(10)6)11-8-19-16-14(15(11)24)13(9-22(16)5)20-17(25)26-18(2,3)4/h7-9,11H,1-6H3,(H,20,25). The highest BCUT2D eigenvalue weighted by molar-refractivity contribution is 6.19. The largest absolute Gasteiger partial charge is 0.444 e. The zero-order chi connectivity index (χ0) is 19.2. The number of aliphatic imine (C=N–C) groups is 1. The van der Waals surface area contributed by atoms with Crippen molar-refractivity contribution in [2.75, 3.05) is 5.32 Å². The van der Waals surface area contributed by atoms with Crippen molar-refractivity contribution in [3.8, 4) is 0 Å². The van der Waals surface area contributed by atoms with E-state index in [1.54, 1.807) is 49.5 Å². The molecule has 26 heavy (non-hydrogen) atoms. The minimum atomic E-state index is -0.630. The summed E-state index contributed by atoms with van der Waals surface area (Å²) < 4.78 is 8.71. The first-order valence-corrected chi connectivity index (χ1v) is 8.35. The number of fused-ring (bicyclic) bond motifs is 1. The summed E-state index contributed by atoms with van der Waals surface area (Å²) >= 11 is 0. The number of Topliss-reactive ketones (excluding diaryl/α,β-unsaturated/α-hetero) is 1. The molecule has 2 aromatic rings. The van der Waals surface area contributed by atoms with E-state index in [0.717, 1.165) is 5.69 Å². The summed E-state index contributed by atoms with van der Waals surface area (Å²) in [5.41, 5.74) is 1.71. The first-order valence-electron chi connectivity index (χ1n) is 8.35. The molecular weight excluding hydrogens is 334 g/mol. The van der Waals surface area contributed by atoms with E-state index in [4.69, 9.17) is 4.74 Å². The molecule has 0 fully saturated rings. The highest BCUT2D eigenvalue weighted by Gasteiger charge is 2.33. The number of anilines is 1. The van der Waals surface area contributed by atoms with Crippen molar-refractivity contribution in [2.45, 2.75) is 39.2 Å². The van der Waals surface area contributed by atoms with E-state index in [2.05, 4.69) is 15.4 Å². The molecule has 1 atom stereocenters. The Hall–Kier alpha value is -2.90. The van der Waals surface area contributed by atoms with Gasteiger partial charge in [-0.2, -0.15) is 5.10 Å². The first-order chi connectivity index (χ1) is 12.1. The second-order valence-corrected chi connectivity index (χ2v) is 7.43. The van der Waals surface area contributed by atoms with Crippen LogP contribution in [0.4, 0.5) is 16.3 Å². The second-order valence-electron chi connectivity index (χ2n) is 7.43. The number of aryl methyl sites for hydroxylation is 3. The number of aromatic nitrogens is 3. The van der Waals surface area contributed by atoms with Gasteiger partial charge in [-0.15, -0.1) is 0 Å². The van der Waals surface area contributed by atoms with Crippen LogP contribution in [0.3, 0.4) is 0 Å². The highest BCUT2D eigenvalue weighted by atomic mass is 16.6. The van der Waals surface area contributed by atoms with E-state index < -0.39 is 17.6 Å². The fourth-order valence-corrected chi connectivity index (χ4v) is 2.84. The number of ether oxygens (including phenoxy) is 1. The molecule has 0 radical (unpaired) electrons. The molecule has 8 nitrogen and oxygen atoms in total. The summed E-state index contributed by atoms with van der Waals surface area (Å²) in [5, 5.41) is 7.05. The molecule has 0 aliphatic carbocycles. The zero-order valence-corrected chi connectivity index (χ0v) is 15.8. The molecule has 1 aliphatic heterocycles. The van der Waals surface area contributed by atoms with Gasteiger partial charge in [-0.25, -0.2) is 9.79 Å². The first kappa shape index (κ1) is 17.9. The quantitative estimate of drug-likeness (QED) is 0.894. The Kier molecular flexibility index (Phi) is 4.21. The van der Waals surface area contributed by atoms with E-state index in [1.165, 1.54) is 0 Å². The lowest BCUT2D eigenvalue weighted by Crippen LogP contribution is -2.28. The number of nitrogens with one attached hydrogen (secondary N) is 1. The maximum atomic E-state index is 13.1. The SMILES string of the molecule is Cc1cc(C2C=Nc3c(c(NC(=O)OC(C)(C)C)cn3C)C2=O)nn1C. The molecule has 2 aromatic heterocycles. The molecule has 3 rings (SSSR count). The molecule has 3 heterocycles. The number of ketones is 1. The third-order valence-electron chi connectivity index (χ3n) is 4.11. The maximum Gasteiger partial charge on any atom is 0.412 e. The summed E-state index contributed by atoms with van der Waals surface area (Å²) in [6.45, 7) is 7.26. The number of amides is 1. The number of hydrogen-bond donors (Lipinski definition) is 1. The lowest BCUT2D eigenvalue weighted by molar-refractivity contribution is 0.0636. The van der Waals surface area contributed by atoms with Crippen LogP contribution in [0.1, 0.15) is 48.4 Å². The van der Waals surface area contributed by atoms with Crippen LogP contribution in [-0.4, -0.2) is 38.0 Å². The van der Waals surface area contributed by atoms with Gasteiger partial charge in [0, 0.05) is 32.2 Å². The highest BCUT2D eigenvalue weighted by Crippen LogP contribution is 2.37. The van der Waals surface area contributed by atoms with Gasteiger partial charge < -0.3 is 9.30 Å². The molecule has 0 saturated carbocycles. The van der Waals surface area contributed by atoms with Gasteiger partial charge in [0.05, 0.1) is 16.9 Å². The maximum absolute atomic E-state index is 13.1. The Morgan fingerprint density at radius 2 is 2.00 bits per heavy atom. The monoisotopic (exact) mass is 357 g/mol. The summed E-state index contributed by atoms with van der Waals surface area (Å²) in [5.74, 6) is -0.228. The molecule has 0 saturated heterocycles. The van der Waals surface area contributed by atoms with Gasteiger partial charge in [-0.3, -0.25) is 14.8 Å². The fraction of sp³-hybridized carbons (Fsp3) is 0.444. The third-order valence-corrected chi connectivity index (χ3v) is 4.11. The van der Waals surface area contributed by atoms with Crippen LogP contribution in [0.5, 0.6) is 0 Å². The Labute approximate surface area is 151 Å². The molecule has 1 N–H and O–H groups in total. The normalized spacial score (nSPS) is 16.5. The van der Waals surface area contributed by atoms with Gasteiger partial charge in [-0.1, -0.05) is 0 Å². The van der Waals surface area contributed by atoms with Crippen molar-refractivity contribution < 1.29 is 14.3 Å². The van der Waals surface area contributed by atoms with Crippen LogP contribution >= 0.6 is 0 Å². The summed E-state index contributed by atoms with van der Waals surface area (Å²) in [6.07, 6.45) is 2.65. The Bertz CT molecular complexity index is 895. The Morgan fingerprint density at radius 1 is 1.31 bits per heavy atom. The summed E-state index contributed by atoms with van der Waals surface area (Å²) in [7, 11) is 3.60. The summed E-state index contributed by atoms with van der Waals surface area (Å²) in [4.78, 5) is 29.6. The fourth-order valence-electron chi connectivity index (χ4n) is 2.84. The average molecular weight is 357 g/mol. The molecule has 1 amide bonds. The van der Waals surface area contributed by atoms with Crippen molar-refractivity contribution in [2.24, 2.45) is 19.1 Å². The van der Waals surface area contributed by atoms with Gasteiger partial charge in [0.2, 0.25) is 0 Å². The molecule has 0 spiro atoms. The number of carbonyl (C=O) groups is 2. The lowest BCUT2D eigenvalue weighted by Gasteiger charge is -2.20. The van der Waals surface area contributed by atoms with E-state index in [0.29, 0.717) is 22.8 Å². The Balaban J connectivity index is 1.93. The molecule has 0 bridgehead atoms. The third kappa shape index (κ3) is 3.26. The van der Waals surface area contributed by atoms with Gasteiger partial charge in [0.15, 0.2) is 5.78 Å². The molecular formula is C18H23N5O3. The van der Waals surface area contributed by atoms with Crippen molar-refractivity contribution >= 4 is 29.6 Å². The van der Waals surface area contributed by atoms with E-state index >= 15 is 0 Å². The molecule has 138 valence electrons.